The maximum atomic E-state index is 12.0. The molecule has 0 aliphatic carbocycles. The fraction of sp³-hybridized carbons (Fsp3) is 0.500. The molecule has 3 amide bonds. The second-order valence-electron chi connectivity index (χ2n) is 4.53. The lowest BCUT2D eigenvalue weighted by molar-refractivity contribution is -0.128. The highest BCUT2D eigenvalue weighted by Gasteiger charge is 2.33. The average Bonchev–Trinajstić information content (AvgIpc) is 3.09. The van der Waals surface area contributed by atoms with Gasteiger partial charge in [0.05, 0.1) is 5.75 Å². The third kappa shape index (κ3) is 2.57. The van der Waals surface area contributed by atoms with Crippen LogP contribution in [-0.2, 0) is 4.79 Å². The van der Waals surface area contributed by atoms with Gasteiger partial charge in [0.2, 0.25) is 5.91 Å². The van der Waals surface area contributed by atoms with Gasteiger partial charge in [-0.2, -0.15) is 11.3 Å². The first kappa shape index (κ1) is 12.8. The first-order valence-electron chi connectivity index (χ1n) is 6.21. The first-order chi connectivity index (χ1) is 9.25. The van der Waals surface area contributed by atoms with Crippen LogP contribution in [0.4, 0.5) is 4.79 Å². The molecule has 3 heterocycles. The standard InChI is InChI=1S/C12H15N3O2S2/c16-10-8-19-11(9-1-6-18-7-9)15(10)5-4-14-3-2-13-12(14)17/h1,6-7,11H,2-5,8H2,(H,13,17). The fourth-order valence-electron chi connectivity index (χ4n) is 2.34. The summed E-state index contributed by atoms with van der Waals surface area (Å²) in [5.41, 5.74) is 1.19. The van der Waals surface area contributed by atoms with Crippen LogP contribution in [0.2, 0.25) is 0 Å². The number of thioether (sulfide) groups is 1. The maximum absolute atomic E-state index is 12.0. The topological polar surface area (TPSA) is 52.7 Å². The van der Waals surface area contributed by atoms with E-state index >= 15 is 0 Å². The first-order valence-corrected chi connectivity index (χ1v) is 8.21. The van der Waals surface area contributed by atoms with Crippen molar-refractivity contribution in [3.8, 4) is 0 Å². The highest BCUT2D eigenvalue weighted by molar-refractivity contribution is 8.00. The summed E-state index contributed by atoms with van der Waals surface area (Å²) in [7, 11) is 0. The number of carbonyl (C=O) groups excluding carboxylic acids is 2. The molecule has 1 N–H and O–H groups in total. The SMILES string of the molecule is O=C1NCCN1CCN1C(=O)CSC1c1ccsc1. The van der Waals surface area contributed by atoms with Gasteiger partial charge in [-0.05, 0) is 22.4 Å². The van der Waals surface area contributed by atoms with E-state index in [9.17, 15) is 9.59 Å². The molecule has 1 atom stereocenters. The molecule has 5 nitrogen and oxygen atoms in total. The van der Waals surface area contributed by atoms with Crippen LogP contribution in [0.3, 0.4) is 0 Å². The number of amides is 3. The number of rotatable bonds is 4. The summed E-state index contributed by atoms with van der Waals surface area (Å²) in [6.07, 6.45) is 0. The average molecular weight is 297 g/mol. The molecular weight excluding hydrogens is 282 g/mol. The predicted molar refractivity (Wildman–Crippen MR) is 76.2 cm³/mol. The molecular formula is C12H15N3O2S2. The molecule has 0 saturated carbocycles. The van der Waals surface area contributed by atoms with Crippen LogP contribution in [0.1, 0.15) is 10.9 Å². The maximum Gasteiger partial charge on any atom is 0.317 e. The molecule has 102 valence electrons. The van der Waals surface area contributed by atoms with E-state index in [0.717, 1.165) is 6.54 Å². The smallest absolute Gasteiger partial charge is 0.317 e. The number of hydrogen-bond donors (Lipinski definition) is 1. The molecule has 1 aromatic heterocycles. The second kappa shape index (κ2) is 5.42. The van der Waals surface area contributed by atoms with Crippen molar-refractivity contribution in [2.24, 2.45) is 0 Å². The van der Waals surface area contributed by atoms with Crippen LogP contribution >= 0.6 is 23.1 Å². The molecule has 1 unspecified atom stereocenters. The van der Waals surface area contributed by atoms with Crippen molar-refractivity contribution in [3.63, 3.8) is 0 Å². The monoisotopic (exact) mass is 297 g/mol. The Balaban J connectivity index is 1.64. The molecule has 1 aromatic rings. The van der Waals surface area contributed by atoms with Gasteiger partial charge in [-0.15, -0.1) is 11.8 Å². The van der Waals surface area contributed by atoms with Gasteiger partial charge in [0, 0.05) is 26.2 Å². The van der Waals surface area contributed by atoms with Crippen molar-refractivity contribution in [2.45, 2.75) is 5.37 Å². The van der Waals surface area contributed by atoms with Gasteiger partial charge >= 0.3 is 6.03 Å². The van der Waals surface area contributed by atoms with Gasteiger partial charge in [0.25, 0.3) is 0 Å². The van der Waals surface area contributed by atoms with E-state index in [1.165, 1.54) is 5.56 Å². The highest BCUT2D eigenvalue weighted by atomic mass is 32.2. The van der Waals surface area contributed by atoms with E-state index in [2.05, 4.69) is 16.8 Å². The Kier molecular flexibility index (Phi) is 3.65. The molecule has 2 aliphatic heterocycles. The Bertz CT molecular complexity index is 477. The Morgan fingerprint density at radius 3 is 2.95 bits per heavy atom. The van der Waals surface area contributed by atoms with Gasteiger partial charge in [0.1, 0.15) is 5.37 Å². The summed E-state index contributed by atoms with van der Waals surface area (Å²) >= 11 is 3.31. The van der Waals surface area contributed by atoms with Crippen LogP contribution in [0.15, 0.2) is 16.8 Å². The van der Waals surface area contributed by atoms with Crippen molar-refractivity contribution in [1.82, 2.24) is 15.1 Å². The summed E-state index contributed by atoms with van der Waals surface area (Å²) in [5.74, 6) is 0.702. The van der Waals surface area contributed by atoms with Gasteiger partial charge in [-0.3, -0.25) is 4.79 Å². The van der Waals surface area contributed by atoms with Crippen molar-refractivity contribution >= 4 is 35.0 Å². The Morgan fingerprint density at radius 2 is 2.26 bits per heavy atom. The number of nitrogens with zero attached hydrogens (tertiary/aromatic N) is 2. The lowest BCUT2D eigenvalue weighted by atomic mass is 10.3. The number of carbonyl (C=O) groups is 2. The van der Waals surface area contributed by atoms with Gasteiger partial charge < -0.3 is 15.1 Å². The molecule has 3 rings (SSSR count). The predicted octanol–water partition coefficient (Wildman–Crippen LogP) is 1.35. The minimum Gasteiger partial charge on any atom is -0.336 e. The van der Waals surface area contributed by atoms with E-state index < -0.39 is 0 Å². The molecule has 0 radical (unpaired) electrons. The Labute approximate surface area is 119 Å². The number of nitrogens with one attached hydrogen (secondary N) is 1. The normalized spacial score (nSPS) is 23.3. The molecule has 0 aromatic carbocycles. The van der Waals surface area contributed by atoms with Crippen molar-refractivity contribution in [3.05, 3.63) is 22.4 Å². The quantitative estimate of drug-likeness (QED) is 0.912. The van der Waals surface area contributed by atoms with Crippen molar-refractivity contribution in [1.29, 1.82) is 0 Å². The highest BCUT2D eigenvalue weighted by Crippen LogP contribution is 2.39. The molecule has 2 fully saturated rings. The second-order valence-corrected chi connectivity index (χ2v) is 6.37. The zero-order valence-corrected chi connectivity index (χ0v) is 12.0. The van der Waals surface area contributed by atoms with E-state index in [1.54, 1.807) is 28.0 Å². The van der Waals surface area contributed by atoms with E-state index in [4.69, 9.17) is 0 Å². The summed E-state index contributed by atoms with van der Waals surface area (Å²) in [5, 5.41) is 7.01. The van der Waals surface area contributed by atoms with E-state index in [0.29, 0.717) is 25.4 Å². The zero-order chi connectivity index (χ0) is 13.2. The summed E-state index contributed by atoms with van der Waals surface area (Å²) in [4.78, 5) is 27.1. The minimum atomic E-state index is -0.0219. The molecule has 2 saturated heterocycles. The largest absolute Gasteiger partial charge is 0.336 e. The molecule has 7 heteroatoms. The lowest BCUT2D eigenvalue weighted by Gasteiger charge is -2.25. The zero-order valence-electron chi connectivity index (χ0n) is 10.4. The fourth-order valence-corrected chi connectivity index (χ4v) is 4.31. The Morgan fingerprint density at radius 1 is 1.37 bits per heavy atom. The molecule has 0 bridgehead atoms. The summed E-state index contributed by atoms with van der Waals surface area (Å²) in [6, 6.07) is 2.04. The van der Waals surface area contributed by atoms with E-state index in [1.807, 2.05) is 10.3 Å². The third-order valence-corrected chi connectivity index (χ3v) is 5.31. The van der Waals surface area contributed by atoms with Crippen LogP contribution < -0.4 is 5.32 Å². The van der Waals surface area contributed by atoms with Gasteiger partial charge in [-0.25, -0.2) is 4.79 Å². The number of thiophene rings is 1. The number of urea groups is 1. The molecule has 0 spiro atoms. The van der Waals surface area contributed by atoms with Crippen LogP contribution in [0.25, 0.3) is 0 Å². The number of hydrogen-bond acceptors (Lipinski definition) is 4. The van der Waals surface area contributed by atoms with Crippen LogP contribution in [-0.4, -0.2) is 53.7 Å². The van der Waals surface area contributed by atoms with Gasteiger partial charge in [-0.1, -0.05) is 0 Å². The van der Waals surface area contributed by atoms with Crippen LogP contribution in [0, 0.1) is 0 Å². The molecule has 2 aliphatic rings. The summed E-state index contributed by atoms with van der Waals surface area (Å²) in [6.45, 7) is 2.66. The summed E-state index contributed by atoms with van der Waals surface area (Å²) < 4.78 is 0. The lowest BCUT2D eigenvalue weighted by Crippen LogP contribution is -2.38. The van der Waals surface area contributed by atoms with Crippen molar-refractivity contribution in [2.75, 3.05) is 31.9 Å². The minimum absolute atomic E-state index is 0.0219. The molecule has 19 heavy (non-hydrogen) atoms. The van der Waals surface area contributed by atoms with Crippen molar-refractivity contribution < 1.29 is 9.59 Å². The van der Waals surface area contributed by atoms with E-state index in [-0.39, 0.29) is 17.3 Å². The Hall–Kier alpha value is -1.21. The third-order valence-electron chi connectivity index (χ3n) is 3.35. The van der Waals surface area contributed by atoms with Gasteiger partial charge in [0.15, 0.2) is 0 Å². The van der Waals surface area contributed by atoms with Crippen LogP contribution in [0.5, 0.6) is 0 Å².